The second-order valence-electron chi connectivity index (χ2n) is 6.46. The van der Waals surface area contributed by atoms with E-state index in [1.54, 1.807) is 42.5 Å². The van der Waals surface area contributed by atoms with Gasteiger partial charge < -0.3 is 4.42 Å². The van der Waals surface area contributed by atoms with Crippen molar-refractivity contribution in [1.29, 1.82) is 0 Å². The van der Waals surface area contributed by atoms with Crippen molar-refractivity contribution in [3.63, 3.8) is 0 Å². The van der Waals surface area contributed by atoms with Gasteiger partial charge in [-0.3, -0.25) is 15.0 Å². The lowest BCUT2D eigenvalue weighted by Gasteiger charge is -2.14. The second-order valence-corrected chi connectivity index (χ2v) is 7.25. The van der Waals surface area contributed by atoms with Crippen molar-refractivity contribution >= 4 is 46.8 Å². The van der Waals surface area contributed by atoms with E-state index in [2.05, 4.69) is 5.43 Å². The summed E-state index contributed by atoms with van der Waals surface area (Å²) in [4.78, 5) is 25.1. The summed E-state index contributed by atoms with van der Waals surface area (Å²) in [6, 6.07) is 16.0. The lowest BCUT2D eigenvalue weighted by atomic mass is 10.1. The van der Waals surface area contributed by atoms with Gasteiger partial charge in [0.1, 0.15) is 17.1 Å². The average molecular weight is 427 g/mol. The second kappa shape index (κ2) is 7.78. The number of anilines is 1. The summed E-state index contributed by atoms with van der Waals surface area (Å²) in [5.74, 6) is -0.0915. The molecule has 4 rings (SSSR count). The lowest BCUT2D eigenvalue weighted by Crippen LogP contribution is -2.35. The maximum atomic E-state index is 12.7. The summed E-state index contributed by atoms with van der Waals surface area (Å²) in [6.07, 6.45) is 2.31. The first-order chi connectivity index (χ1) is 14.0. The van der Waals surface area contributed by atoms with Crippen LogP contribution < -0.4 is 10.4 Å². The van der Waals surface area contributed by atoms with E-state index in [4.69, 9.17) is 27.6 Å². The molecule has 146 valence electrons. The van der Waals surface area contributed by atoms with Gasteiger partial charge in [0.25, 0.3) is 11.8 Å². The van der Waals surface area contributed by atoms with Gasteiger partial charge in [-0.05, 0) is 54.5 Å². The fraction of sp³-hybridized carbons (Fsp3) is 0.0909. The van der Waals surface area contributed by atoms with Crippen LogP contribution in [0.2, 0.25) is 10.0 Å². The SMILES string of the molecule is CCc1ccc(N2NC(=O)C(=Cc3ccc(-c4cccc(Cl)c4Cl)o3)C2=O)cc1. The molecule has 1 aliphatic rings. The van der Waals surface area contributed by atoms with Crippen molar-refractivity contribution < 1.29 is 14.0 Å². The van der Waals surface area contributed by atoms with Gasteiger partial charge in [-0.15, -0.1) is 0 Å². The Hall–Kier alpha value is -3.02. The quantitative estimate of drug-likeness (QED) is 0.456. The molecule has 0 aliphatic carbocycles. The minimum absolute atomic E-state index is 0.0114. The molecule has 1 fully saturated rings. The highest BCUT2D eigenvalue weighted by Crippen LogP contribution is 2.34. The zero-order chi connectivity index (χ0) is 20.5. The number of carbonyl (C=O) groups excluding carboxylic acids is 2. The lowest BCUT2D eigenvalue weighted by molar-refractivity contribution is -0.117. The van der Waals surface area contributed by atoms with E-state index in [0.717, 1.165) is 12.0 Å². The maximum absolute atomic E-state index is 12.7. The van der Waals surface area contributed by atoms with Gasteiger partial charge in [-0.25, -0.2) is 5.01 Å². The molecule has 0 atom stereocenters. The summed E-state index contributed by atoms with van der Waals surface area (Å²) < 4.78 is 5.77. The molecule has 3 aromatic rings. The van der Waals surface area contributed by atoms with Gasteiger partial charge in [0.05, 0.1) is 15.7 Å². The third-order valence-corrected chi connectivity index (χ3v) is 5.44. The van der Waals surface area contributed by atoms with Crippen LogP contribution in [0.4, 0.5) is 5.69 Å². The summed E-state index contributed by atoms with van der Waals surface area (Å²) in [5, 5.41) is 2.01. The highest BCUT2D eigenvalue weighted by Gasteiger charge is 2.34. The Kier molecular flexibility index (Phi) is 5.18. The van der Waals surface area contributed by atoms with Crippen molar-refractivity contribution in [2.45, 2.75) is 13.3 Å². The van der Waals surface area contributed by atoms with Gasteiger partial charge in [-0.1, -0.05) is 48.3 Å². The topological polar surface area (TPSA) is 62.6 Å². The highest BCUT2D eigenvalue weighted by atomic mass is 35.5. The largest absolute Gasteiger partial charge is 0.457 e. The monoisotopic (exact) mass is 426 g/mol. The van der Waals surface area contributed by atoms with Crippen LogP contribution in [0, 0.1) is 0 Å². The molecule has 2 amide bonds. The van der Waals surface area contributed by atoms with Crippen LogP contribution in [0.5, 0.6) is 0 Å². The number of nitrogens with one attached hydrogen (secondary N) is 1. The van der Waals surface area contributed by atoms with E-state index in [1.165, 1.54) is 11.1 Å². The molecule has 0 unspecified atom stereocenters. The number of benzene rings is 2. The summed E-state index contributed by atoms with van der Waals surface area (Å²) in [7, 11) is 0. The van der Waals surface area contributed by atoms with E-state index in [0.29, 0.717) is 32.8 Å². The molecule has 2 aromatic carbocycles. The van der Waals surface area contributed by atoms with Gasteiger partial charge in [0.2, 0.25) is 0 Å². The number of hydrogen-bond acceptors (Lipinski definition) is 3. The number of rotatable bonds is 4. The van der Waals surface area contributed by atoms with Gasteiger partial charge in [0, 0.05) is 5.56 Å². The van der Waals surface area contributed by atoms with Crippen LogP contribution in [-0.4, -0.2) is 11.8 Å². The van der Waals surface area contributed by atoms with E-state index in [1.807, 2.05) is 19.1 Å². The molecular weight excluding hydrogens is 411 g/mol. The van der Waals surface area contributed by atoms with E-state index < -0.39 is 11.8 Å². The number of hydrazine groups is 1. The highest BCUT2D eigenvalue weighted by molar-refractivity contribution is 6.43. The van der Waals surface area contributed by atoms with Crippen LogP contribution in [0.25, 0.3) is 17.4 Å². The Morgan fingerprint density at radius 2 is 1.79 bits per heavy atom. The molecule has 0 bridgehead atoms. The summed E-state index contributed by atoms with van der Waals surface area (Å²) in [5.41, 5.74) is 4.93. The molecule has 1 N–H and O–H groups in total. The van der Waals surface area contributed by atoms with E-state index >= 15 is 0 Å². The Labute approximate surface area is 177 Å². The first-order valence-corrected chi connectivity index (χ1v) is 9.74. The van der Waals surface area contributed by atoms with Crippen molar-refractivity contribution in [3.8, 4) is 11.3 Å². The molecule has 1 aromatic heterocycles. The van der Waals surface area contributed by atoms with Crippen molar-refractivity contribution in [3.05, 3.63) is 81.5 Å². The first-order valence-electron chi connectivity index (χ1n) is 8.98. The minimum atomic E-state index is -0.492. The molecule has 7 heteroatoms. The number of amides is 2. The van der Waals surface area contributed by atoms with Crippen LogP contribution in [0.15, 0.2) is 64.6 Å². The number of halogens is 2. The van der Waals surface area contributed by atoms with Crippen LogP contribution in [0.1, 0.15) is 18.2 Å². The van der Waals surface area contributed by atoms with Crippen molar-refractivity contribution in [2.75, 3.05) is 5.01 Å². The molecule has 0 spiro atoms. The van der Waals surface area contributed by atoms with Crippen LogP contribution >= 0.6 is 23.2 Å². The van der Waals surface area contributed by atoms with Crippen molar-refractivity contribution in [1.82, 2.24) is 5.43 Å². The van der Waals surface area contributed by atoms with Gasteiger partial charge >= 0.3 is 0 Å². The molecular formula is C22H16Cl2N2O3. The van der Waals surface area contributed by atoms with E-state index in [9.17, 15) is 9.59 Å². The number of nitrogens with zero attached hydrogens (tertiary/aromatic N) is 1. The summed E-state index contributed by atoms with van der Waals surface area (Å²) >= 11 is 12.3. The molecule has 2 heterocycles. The summed E-state index contributed by atoms with van der Waals surface area (Å²) in [6.45, 7) is 2.05. The third kappa shape index (κ3) is 3.67. The van der Waals surface area contributed by atoms with Crippen molar-refractivity contribution in [2.24, 2.45) is 0 Å². The van der Waals surface area contributed by atoms with Gasteiger partial charge in [-0.2, -0.15) is 0 Å². The Morgan fingerprint density at radius 1 is 1.03 bits per heavy atom. The minimum Gasteiger partial charge on any atom is -0.457 e. The normalized spacial score (nSPS) is 15.3. The predicted octanol–water partition coefficient (Wildman–Crippen LogP) is 5.28. The number of carbonyl (C=O) groups is 2. The fourth-order valence-corrected chi connectivity index (χ4v) is 3.43. The Bertz CT molecular complexity index is 1130. The third-order valence-electron chi connectivity index (χ3n) is 4.62. The number of aryl methyl sites for hydroxylation is 1. The molecule has 29 heavy (non-hydrogen) atoms. The Balaban J connectivity index is 1.61. The van der Waals surface area contributed by atoms with E-state index in [-0.39, 0.29) is 5.57 Å². The number of furan rings is 1. The standard InChI is InChI=1S/C22H16Cl2N2O3/c1-2-13-6-8-14(9-7-13)26-22(28)17(21(27)25-26)12-15-10-11-19(29-15)16-4-3-5-18(23)20(16)24/h3-12H,2H2,1H3,(H,25,27). The zero-order valence-corrected chi connectivity index (χ0v) is 16.9. The van der Waals surface area contributed by atoms with Crippen LogP contribution in [0.3, 0.4) is 0 Å². The van der Waals surface area contributed by atoms with Crippen LogP contribution in [-0.2, 0) is 16.0 Å². The smallest absolute Gasteiger partial charge is 0.282 e. The average Bonchev–Trinajstić information content (AvgIpc) is 3.30. The first kappa shape index (κ1) is 19.3. The number of hydrogen-bond donors (Lipinski definition) is 1. The zero-order valence-electron chi connectivity index (χ0n) is 15.4. The van der Waals surface area contributed by atoms with Gasteiger partial charge in [0.15, 0.2) is 0 Å². The maximum Gasteiger partial charge on any atom is 0.282 e. The molecule has 1 saturated heterocycles. The predicted molar refractivity (Wildman–Crippen MR) is 114 cm³/mol. The molecule has 0 radical (unpaired) electrons. The molecule has 5 nitrogen and oxygen atoms in total. The molecule has 1 aliphatic heterocycles. The fourth-order valence-electron chi connectivity index (χ4n) is 3.03. The Morgan fingerprint density at radius 3 is 2.52 bits per heavy atom. The molecule has 0 saturated carbocycles.